The van der Waals surface area contributed by atoms with Gasteiger partial charge in [0.05, 0.1) is 11.1 Å². The summed E-state index contributed by atoms with van der Waals surface area (Å²) in [5.41, 5.74) is 1.11. The van der Waals surface area contributed by atoms with Crippen LogP contribution in [-0.2, 0) is 0 Å². The summed E-state index contributed by atoms with van der Waals surface area (Å²) in [6.07, 6.45) is 0.230. The number of benzene rings is 1. The van der Waals surface area contributed by atoms with E-state index in [1.54, 1.807) is 0 Å². The molecule has 0 fully saturated rings. The molecule has 0 spiro atoms. The Balaban J connectivity index is 2.69. The highest BCUT2D eigenvalue weighted by molar-refractivity contribution is 6.32. The molecule has 17 heavy (non-hydrogen) atoms. The molecule has 0 saturated heterocycles. The number of aliphatic hydroxyl groups is 1. The van der Waals surface area contributed by atoms with Crippen molar-refractivity contribution in [3.63, 3.8) is 0 Å². The van der Waals surface area contributed by atoms with Gasteiger partial charge in [-0.15, -0.1) is 0 Å². The lowest BCUT2D eigenvalue weighted by Gasteiger charge is -2.14. The number of hydrogen-bond donors (Lipinski definition) is 2. The highest BCUT2D eigenvalue weighted by atomic mass is 35.5. The quantitative estimate of drug-likeness (QED) is 0.824. The van der Waals surface area contributed by atoms with Crippen molar-refractivity contribution < 1.29 is 9.84 Å². The van der Waals surface area contributed by atoms with Crippen LogP contribution in [0.25, 0.3) is 0 Å². The largest absolute Gasteiger partial charge is 0.489 e. The van der Waals surface area contributed by atoms with E-state index in [0.29, 0.717) is 17.2 Å². The van der Waals surface area contributed by atoms with Crippen LogP contribution in [0.3, 0.4) is 0 Å². The molecule has 0 amide bonds. The molecule has 0 saturated carbocycles. The van der Waals surface area contributed by atoms with Gasteiger partial charge in [0.1, 0.15) is 12.4 Å². The molecular formula is C13H20ClNO2. The van der Waals surface area contributed by atoms with Gasteiger partial charge in [0.25, 0.3) is 0 Å². The number of halogens is 1. The number of ether oxygens (including phenoxy) is 1. The summed E-state index contributed by atoms with van der Waals surface area (Å²) in [6.45, 7) is 4.25. The SMILES string of the molecule is CCC(O)COc1ccc(C(C)NC)cc1Cl. The van der Waals surface area contributed by atoms with E-state index in [4.69, 9.17) is 16.3 Å². The summed E-state index contributed by atoms with van der Waals surface area (Å²) < 4.78 is 5.46. The molecule has 2 atom stereocenters. The molecule has 1 aromatic rings. The first kappa shape index (κ1) is 14.3. The van der Waals surface area contributed by atoms with Crippen molar-refractivity contribution in [1.29, 1.82) is 0 Å². The molecule has 96 valence electrons. The van der Waals surface area contributed by atoms with Gasteiger partial charge >= 0.3 is 0 Å². The molecular weight excluding hydrogens is 238 g/mol. The van der Waals surface area contributed by atoms with Gasteiger partial charge in [-0.1, -0.05) is 24.6 Å². The molecule has 1 rings (SSSR count). The van der Waals surface area contributed by atoms with E-state index in [9.17, 15) is 5.11 Å². The Bertz CT molecular complexity index is 357. The number of hydrogen-bond acceptors (Lipinski definition) is 3. The molecule has 0 aliphatic rings. The van der Waals surface area contributed by atoms with E-state index in [2.05, 4.69) is 12.2 Å². The summed E-state index contributed by atoms with van der Waals surface area (Å²) in [5, 5.41) is 13.1. The van der Waals surface area contributed by atoms with Crippen LogP contribution >= 0.6 is 11.6 Å². The topological polar surface area (TPSA) is 41.5 Å². The Morgan fingerprint density at radius 2 is 2.18 bits per heavy atom. The lowest BCUT2D eigenvalue weighted by molar-refractivity contribution is 0.104. The van der Waals surface area contributed by atoms with Crippen molar-refractivity contribution in [2.45, 2.75) is 32.4 Å². The average Bonchev–Trinajstić information content (AvgIpc) is 2.35. The monoisotopic (exact) mass is 257 g/mol. The van der Waals surface area contributed by atoms with Crippen LogP contribution in [0, 0.1) is 0 Å². The lowest BCUT2D eigenvalue weighted by Crippen LogP contribution is -2.16. The van der Waals surface area contributed by atoms with Crippen molar-refractivity contribution in [2.24, 2.45) is 0 Å². The molecule has 3 nitrogen and oxygen atoms in total. The van der Waals surface area contributed by atoms with E-state index < -0.39 is 6.10 Å². The first-order valence-corrected chi connectivity index (χ1v) is 6.23. The maximum absolute atomic E-state index is 9.41. The van der Waals surface area contributed by atoms with Gasteiger partial charge in [0.2, 0.25) is 0 Å². The smallest absolute Gasteiger partial charge is 0.138 e. The van der Waals surface area contributed by atoms with E-state index in [1.165, 1.54) is 0 Å². The highest BCUT2D eigenvalue weighted by Gasteiger charge is 2.08. The van der Waals surface area contributed by atoms with Crippen molar-refractivity contribution in [1.82, 2.24) is 5.32 Å². The normalized spacial score (nSPS) is 14.4. The first-order valence-electron chi connectivity index (χ1n) is 5.86. The van der Waals surface area contributed by atoms with Crippen LogP contribution in [0.1, 0.15) is 31.9 Å². The second-order valence-corrected chi connectivity index (χ2v) is 4.48. The fraction of sp³-hybridized carbons (Fsp3) is 0.538. The van der Waals surface area contributed by atoms with E-state index in [-0.39, 0.29) is 12.6 Å². The van der Waals surface area contributed by atoms with Crippen LogP contribution in [-0.4, -0.2) is 24.9 Å². The van der Waals surface area contributed by atoms with Crippen LogP contribution in [0.5, 0.6) is 5.75 Å². The van der Waals surface area contributed by atoms with Crippen molar-refractivity contribution in [2.75, 3.05) is 13.7 Å². The minimum atomic E-state index is -0.443. The van der Waals surface area contributed by atoms with Crippen molar-refractivity contribution in [3.8, 4) is 5.75 Å². The summed E-state index contributed by atoms with van der Waals surface area (Å²) in [6, 6.07) is 5.95. The van der Waals surface area contributed by atoms with Crippen molar-refractivity contribution in [3.05, 3.63) is 28.8 Å². The molecule has 0 aliphatic heterocycles. The number of nitrogens with one attached hydrogen (secondary N) is 1. The standard InChI is InChI=1S/C13H20ClNO2/c1-4-11(16)8-17-13-6-5-10(7-12(13)14)9(2)15-3/h5-7,9,11,15-16H,4,8H2,1-3H3. The molecule has 0 heterocycles. The fourth-order valence-corrected chi connectivity index (χ4v) is 1.62. The number of aliphatic hydroxyl groups excluding tert-OH is 1. The second-order valence-electron chi connectivity index (χ2n) is 4.07. The minimum Gasteiger partial charge on any atom is -0.489 e. The fourth-order valence-electron chi connectivity index (χ4n) is 1.37. The highest BCUT2D eigenvalue weighted by Crippen LogP contribution is 2.27. The first-order chi connectivity index (χ1) is 8.08. The summed E-state index contributed by atoms with van der Waals surface area (Å²) in [4.78, 5) is 0. The van der Waals surface area contributed by atoms with Gasteiger partial charge in [-0.05, 0) is 38.1 Å². The maximum Gasteiger partial charge on any atom is 0.138 e. The van der Waals surface area contributed by atoms with Gasteiger partial charge in [-0.25, -0.2) is 0 Å². The Morgan fingerprint density at radius 1 is 1.47 bits per heavy atom. The average molecular weight is 258 g/mol. The molecule has 0 radical (unpaired) electrons. The lowest BCUT2D eigenvalue weighted by atomic mass is 10.1. The number of rotatable bonds is 6. The Morgan fingerprint density at radius 3 is 2.71 bits per heavy atom. The Kier molecular flexibility index (Phi) is 5.75. The van der Waals surface area contributed by atoms with Crippen molar-refractivity contribution >= 4 is 11.6 Å². The van der Waals surface area contributed by atoms with E-state index in [1.807, 2.05) is 32.2 Å². The van der Waals surface area contributed by atoms with Crippen LogP contribution in [0.2, 0.25) is 5.02 Å². The van der Waals surface area contributed by atoms with Crippen LogP contribution in [0.15, 0.2) is 18.2 Å². The minimum absolute atomic E-state index is 0.253. The molecule has 2 N–H and O–H groups in total. The third-order valence-corrected chi connectivity index (χ3v) is 3.09. The zero-order valence-corrected chi connectivity index (χ0v) is 11.3. The third-order valence-electron chi connectivity index (χ3n) is 2.79. The Hall–Kier alpha value is -0.770. The van der Waals surface area contributed by atoms with E-state index >= 15 is 0 Å². The molecule has 4 heteroatoms. The summed E-state index contributed by atoms with van der Waals surface area (Å²) >= 11 is 6.12. The molecule has 0 aromatic heterocycles. The molecule has 0 aliphatic carbocycles. The predicted octanol–water partition coefficient (Wildman–Crippen LogP) is 2.77. The molecule has 0 bridgehead atoms. The van der Waals surface area contributed by atoms with Crippen LogP contribution in [0.4, 0.5) is 0 Å². The van der Waals surface area contributed by atoms with Gasteiger partial charge in [0.15, 0.2) is 0 Å². The van der Waals surface area contributed by atoms with Gasteiger partial charge in [0, 0.05) is 6.04 Å². The van der Waals surface area contributed by atoms with Gasteiger partial charge in [-0.2, -0.15) is 0 Å². The molecule has 1 aromatic carbocycles. The predicted molar refractivity (Wildman–Crippen MR) is 70.7 cm³/mol. The third kappa shape index (κ3) is 4.19. The zero-order chi connectivity index (χ0) is 12.8. The van der Waals surface area contributed by atoms with E-state index in [0.717, 1.165) is 5.56 Å². The maximum atomic E-state index is 9.41. The summed E-state index contributed by atoms with van der Waals surface area (Å²) in [7, 11) is 1.90. The van der Waals surface area contributed by atoms with Crippen LogP contribution < -0.4 is 10.1 Å². The second kappa shape index (κ2) is 6.84. The summed E-state index contributed by atoms with van der Waals surface area (Å²) in [5.74, 6) is 0.617. The zero-order valence-electron chi connectivity index (χ0n) is 10.5. The van der Waals surface area contributed by atoms with Gasteiger partial charge in [-0.3, -0.25) is 0 Å². The Labute approximate surface area is 108 Å². The van der Waals surface area contributed by atoms with Gasteiger partial charge < -0.3 is 15.2 Å². The molecule has 2 unspecified atom stereocenters.